The van der Waals surface area contributed by atoms with E-state index in [0.717, 1.165) is 19.3 Å². The third-order valence-corrected chi connectivity index (χ3v) is 11.1. The largest absolute Gasteiger partial charge is 0.391 e. The summed E-state index contributed by atoms with van der Waals surface area (Å²) in [6.45, 7) is 12.9. The van der Waals surface area contributed by atoms with E-state index in [1.165, 1.54) is 38.2 Å². The van der Waals surface area contributed by atoms with Crippen LogP contribution >= 0.6 is 0 Å². The van der Waals surface area contributed by atoms with Gasteiger partial charge in [0.2, 0.25) is 0 Å². The van der Waals surface area contributed by atoms with Crippen LogP contribution in [0.25, 0.3) is 0 Å². The summed E-state index contributed by atoms with van der Waals surface area (Å²) in [5, 5.41) is 10.7. The van der Waals surface area contributed by atoms with Crippen LogP contribution in [-0.2, 0) is 0 Å². The number of allylic oxidation sites excluding steroid dienone is 1. The normalized spacial score (nSPS) is 48.3. The van der Waals surface area contributed by atoms with Gasteiger partial charge in [0.1, 0.15) is 0 Å². The van der Waals surface area contributed by atoms with Crippen molar-refractivity contribution in [3.8, 4) is 0 Å². The summed E-state index contributed by atoms with van der Waals surface area (Å²) in [6, 6.07) is 0. The molecule has 0 unspecified atom stereocenters. The van der Waals surface area contributed by atoms with Gasteiger partial charge in [-0.15, -0.1) is 0 Å². The maximum Gasteiger partial charge on any atom is 0.391 e. The van der Waals surface area contributed by atoms with Crippen LogP contribution in [0.3, 0.4) is 0 Å². The van der Waals surface area contributed by atoms with Crippen molar-refractivity contribution in [2.24, 2.45) is 52.3 Å². The van der Waals surface area contributed by atoms with Gasteiger partial charge >= 0.3 is 6.18 Å². The molecule has 0 spiro atoms. The predicted octanol–water partition coefficient (Wildman–Crippen LogP) is 8.18. The second-order valence-electron chi connectivity index (χ2n) is 13.2. The topological polar surface area (TPSA) is 20.2 Å². The van der Waals surface area contributed by atoms with Crippen LogP contribution in [0, 0.1) is 52.3 Å². The Morgan fingerprint density at radius 1 is 1.00 bits per heavy atom. The molecule has 4 aliphatic rings. The van der Waals surface area contributed by atoms with Crippen molar-refractivity contribution >= 4 is 0 Å². The maximum atomic E-state index is 13.0. The van der Waals surface area contributed by atoms with E-state index in [1.807, 2.05) is 6.92 Å². The average Bonchev–Trinajstić information content (AvgIpc) is 3.03. The van der Waals surface area contributed by atoms with E-state index in [1.54, 1.807) is 0 Å². The number of hydrogen-bond acceptors (Lipinski definition) is 1. The Bertz CT molecular complexity index is 739. The van der Waals surface area contributed by atoms with E-state index in [4.69, 9.17) is 0 Å². The fraction of sp³-hybridized carbons (Fsp3) is 0.929. The number of rotatable bonds is 4. The maximum absolute atomic E-state index is 13.0. The standard InChI is InChI=1S/C28H45F3O/c1-17(7-8-19(3)28(29,30)31)21-9-10-22-24-18(2)15-20-16-25(4,32)13-14-26(20,5)23(24)11-12-27(21,22)6/h15,17-19,21-24,32H,7-14,16H2,1-6H3/t17-,18+,19-,21-,22+,23+,24+,25+,26+,27-/m1/s1. The molecule has 10 atom stereocenters. The van der Waals surface area contributed by atoms with Gasteiger partial charge in [-0.1, -0.05) is 46.3 Å². The molecule has 184 valence electrons. The summed E-state index contributed by atoms with van der Waals surface area (Å²) >= 11 is 0. The lowest BCUT2D eigenvalue weighted by Gasteiger charge is -2.60. The first-order valence-corrected chi connectivity index (χ1v) is 13.2. The molecule has 0 aromatic heterocycles. The van der Waals surface area contributed by atoms with Crippen molar-refractivity contribution in [3.63, 3.8) is 0 Å². The van der Waals surface area contributed by atoms with Crippen molar-refractivity contribution in [2.45, 2.75) is 111 Å². The van der Waals surface area contributed by atoms with Crippen LogP contribution < -0.4 is 0 Å². The second kappa shape index (κ2) is 8.02. The van der Waals surface area contributed by atoms with Crippen LogP contribution in [0.2, 0.25) is 0 Å². The van der Waals surface area contributed by atoms with Crippen molar-refractivity contribution in [1.29, 1.82) is 0 Å². The van der Waals surface area contributed by atoms with Crippen molar-refractivity contribution in [2.75, 3.05) is 0 Å². The molecule has 4 aliphatic carbocycles. The Morgan fingerprint density at radius 2 is 1.69 bits per heavy atom. The number of halogens is 3. The first-order valence-electron chi connectivity index (χ1n) is 13.2. The quantitative estimate of drug-likeness (QED) is 0.425. The number of alkyl halides is 3. The van der Waals surface area contributed by atoms with Gasteiger partial charge in [-0.3, -0.25) is 0 Å². The highest BCUT2D eigenvalue weighted by Crippen LogP contribution is 2.68. The first kappa shape index (κ1) is 24.6. The average molecular weight is 455 g/mol. The Labute approximate surface area is 193 Å². The third kappa shape index (κ3) is 3.99. The van der Waals surface area contributed by atoms with E-state index in [-0.39, 0.29) is 17.3 Å². The highest BCUT2D eigenvalue weighted by Gasteiger charge is 2.61. The zero-order valence-corrected chi connectivity index (χ0v) is 21.1. The van der Waals surface area contributed by atoms with Gasteiger partial charge in [0.15, 0.2) is 0 Å². The third-order valence-electron chi connectivity index (χ3n) is 11.1. The van der Waals surface area contributed by atoms with Crippen molar-refractivity contribution in [3.05, 3.63) is 11.6 Å². The van der Waals surface area contributed by atoms with Gasteiger partial charge in [-0.25, -0.2) is 0 Å². The minimum absolute atomic E-state index is 0.215. The van der Waals surface area contributed by atoms with E-state index in [9.17, 15) is 18.3 Å². The van der Waals surface area contributed by atoms with Crippen molar-refractivity contribution in [1.82, 2.24) is 0 Å². The summed E-state index contributed by atoms with van der Waals surface area (Å²) < 4.78 is 39.1. The summed E-state index contributed by atoms with van der Waals surface area (Å²) in [4.78, 5) is 0. The summed E-state index contributed by atoms with van der Waals surface area (Å²) in [7, 11) is 0. The summed E-state index contributed by atoms with van der Waals surface area (Å²) in [6.07, 6.45) is 7.05. The zero-order valence-electron chi connectivity index (χ0n) is 21.1. The Hall–Kier alpha value is -0.510. The molecule has 0 aliphatic heterocycles. The highest BCUT2D eigenvalue weighted by molar-refractivity contribution is 5.28. The Balaban J connectivity index is 1.53. The Morgan fingerprint density at radius 3 is 2.34 bits per heavy atom. The fourth-order valence-corrected chi connectivity index (χ4v) is 9.02. The molecule has 0 amide bonds. The molecule has 0 radical (unpaired) electrons. The van der Waals surface area contributed by atoms with E-state index in [0.29, 0.717) is 41.9 Å². The summed E-state index contributed by atoms with van der Waals surface area (Å²) in [5.74, 6) is 2.28. The monoisotopic (exact) mass is 454 g/mol. The minimum atomic E-state index is -4.07. The van der Waals surface area contributed by atoms with Crippen molar-refractivity contribution < 1.29 is 18.3 Å². The lowest BCUT2D eigenvalue weighted by Crippen LogP contribution is -2.54. The molecule has 0 bridgehead atoms. The van der Waals surface area contributed by atoms with Crippen LogP contribution in [0.1, 0.15) is 99.3 Å². The molecule has 1 nitrogen and oxygen atoms in total. The molecule has 1 N–H and O–H groups in total. The Kier molecular flexibility index (Phi) is 6.17. The first-order chi connectivity index (χ1) is 14.7. The van der Waals surface area contributed by atoms with Crippen LogP contribution in [-0.4, -0.2) is 16.9 Å². The second-order valence-corrected chi connectivity index (χ2v) is 13.2. The van der Waals surface area contributed by atoms with Gasteiger partial charge < -0.3 is 5.11 Å². The van der Waals surface area contributed by atoms with Gasteiger partial charge in [-0.2, -0.15) is 13.2 Å². The smallest absolute Gasteiger partial charge is 0.390 e. The lowest BCUT2D eigenvalue weighted by molar-refractivity contribution is -0.172. The fourth-order valence-electron chi connectivity index (χ4n) is 9.02. The number of aliphatic hydroxyl groups is 1. The molecule has 0 aromatic carbocycles. The minimum Gasteiger partial charge on any atom is -0.390 e. The van der Waals surface area contributed by atoms with Gasteiger partial charge in [0.05, 0.1) is 11.5 Å². The highest BCUT2D eigenvalue weighted by atomic mass is 19.4. The van der Waals surface area contributed by atoms with Gasteiger partial charge in [0, 0.05) is 0 Å². The SMILES string of the molecule is C[C@H](CC[C@@H](C)C(F)(F)F)[C@H]1CC[C@H]2[C@@H]3[C@@H](C)C=C4C[C@@](C)(O)CC[C@]4(C)[C@H]3CC[C@]12C. The molecule has 0 saturated heterocycles. The van der Waals surface area contributed by atoms with Gasteiger partial charge in [-0.05, 0) is 111 Å². The lowest BCUT2D eigenvalue weighted by atomic mass is 9.44. The molecule has 3 fully saturated rings. The summed E-state index contributed by atoms with van der Waals surface area (Å²) in [5.41, 5.74) is 1.41. The number of hydrogen-bond donors (Lipinski definition) is 1. The zero-order chi connectivity index (χ0) is 23.7. The van der Waals surface area contributed by atoms with Crippen LogP contribution in [0.4, 0.5) is 13.2 Å². The molecule has 32 heavy (non-hydrogen) atoms. The molecular formula is C28H45F3O. The molecular weight excluding hydrogens is 409 g/mol. The van der Waals surface area contributed by atoms with Crippen LogP contribution in [0.5, 0.6) is 0 Å². The molecule has 0 heterocycles. The molecule has 4 heteroatoms. The number of fused-ring (bicyclic) bond motifs is 5. The van der Waals surface area contributed by atoms with Crippen LogP contribution in [0.15, 0.2) is 11.6 Å². The van der Waals surface area contributed by atoms with E-state index >= 15 is 0 Å². The molecule has 0 aromatic rings. The molecule has 4 rings (SSSR count). The predicted molar refractivity (Wildman–Crippen MR) is 124 cm³/mol. The van der Waals surface area contributed by atoms with Gasteiger partial charge in [0.25, 0.3) is 0 Å². The van der Waals surface area contributed by atoms with E-state index < -0.39 is 17.7 Å². The van der Waals surface area contributed by atoms with E-state index in [2.05, 4.69) is 33.8 Å². The molecule has 3 saturated carbocycles.